The van der Waals surface area contributed by atoms with Gasteiger partial charge in [0.15, 0.2) is 5.17 Å². The molecule has 1 N–H and O–H groups in total. The fourth-order valence-electron chi connectivity index (χ4n) is 4.13. The van der Waals surface area contributed by atoms with Crippen molar-refractivity contribution < 1.29 is 9.53 Å². The molecule has 4 aromatic rings. The van der Waals surface area contributed by atoms with Crippen molar-refractivity contribution in [3.63, 3.8) is 0 Å². The van der Waals surface area contributed by atoms with Crippen molar-refractivity contribution in [2.24, 2.45) is 4.99 Å². The summed E-state index contributed by atoms with van der Waals surface area (Å²) in [6.45, 7) is 5.37. The van der Waals surface area contributed by atoms with Crippen LogP contribution in [0.15, 0.2) is 82.7 Å². The lowest BCUT2D eigenvalue weighted by Crippen LogP contribution is -2.19. The van der Waals surface area contributed by atoms with Gasteiger partial charge in [0.05, 0.1) is 17.2 Å². The number of halogens is 1. The van der Waals surface area contributed by atoms with Crippen molar-refractivity contribution in [2.45, 2.75) is 20.4 Å². The number of para-hydroxylation sites is 1. The van der Waals surface area contributed by atoms with Crippen LogP contribution < -0.4 is 10.1 Å². The number of aromatic nitrogens is 1. The lowest BCUT2D eigenvalue weighted by molar-refractivity contribution is -0.115. The van der Waals surface area contributed by atoms with Crippen LogP contribution in [-0.2, 0) is 11.3 Å². The quantitative estimate of drug-likeness (QED) is 0.291. The Kier molecular flexibility index (Phi) is 6.66. The fraction of sp³-hybridized carbons (Fsp3) is 0.143. The highest BCUT2D eigenvalue weighted by Crippen LogP contribution is 2.33. The zero-order chi connectivity index (χ0) is 24.4. The summed E-state index contributed by atoms with van der Waals surface area (Å²) in [6.07, 6.45) is 1.97. The van der Waals surface area contributed by atoms with E-state index in [0.717, 1.165) is 50.7 Å². The molecule has 1 fully saturated rings. The first-order valence-corrected chi connectivity index (χ1v) is 12.6. The number of nitrogens with zero attached hydrogens (tertiary/aromatic N) is 2. The largest absolute Gasteiger partial charge is 0.494 e. The van der Waals surface area contributed by atoms with Gasteiger partial charge < -0.3 is 14.6 Å². The van der Waals surface area contributed by atoms with Crippen LogP contribution in [0.2, 0.25) is 5.02 Å². The van der Waals surface area contributed by atoms with Gasteiger partial charge in [-0.25, -0.2) is 4.99 Å². The van der Waals surface area contributed by atoms with Gasteiger partial charge in [-0.05, 0) is 79.7 Å². The third-order valence-electron chi connectivity index (χ3n) is 5.84. The number of carbonyl (C=O) groups excluding carboxylic acids is 1. The highest BCUT2D eigenvalue weighted by molar-refractivity contribution is 8.18. The minimum Gasteiger partial charge on any atom is -0.494 e. The number of nitrogens with one attached hydrogen (secondary N) is 1. The van der Waals surface area contributed by atoms with E-state index in [2.05, 4.69) is 33.9 Å². The smallest absolute Gasteiger partial charge is 0.264 e. The van der Waals surface area contributed by atoms with Gasteiger partial charge in [-0.3, -0.25) is 4.79 Å². The molecule has 1 aliphatic heterocycles. The topological polar surface area (TPSA) is 55.6 Å². The van der Waals surface area contributed by atoms with Gasteiger partial charge in [0.1, 0.15) is 5.75 Å². The zero-order valence-electron chi connectivity index (χ0n) is 19.4. The molecule has 0 spiro atoms. The third kappa shape index (κ3) is 4.99. The number of hydrogen-bond acceptors (Lipinski definition) is 4. The number of amides is 1. The van der Waals surface area contributed by atoms with E-state index in [4.69, 9.17) is 16.3 Å². The molecule has 1 saturated heterocycles. The van der Waals surface area contributed by atoms with Crippen molar-refractivity contribution in [2.75, 3.05) is 6.61 Å². The van der Waals surface area contributed by atoms with E-state index >= 15 is 0 Å². The van der Waals surface area contributed by atoms with E-state index in [0.29, 0.717) is 16.7 Å². The van der Waals surface area contributed by atoms with Crippen molar-refractivity contribution >= 4 is 57.1 Å². The Hall–Kier alpha value is -3.48. The normalized spacial score (nSPS) is 15.8. The maximum absolute atomic E-state index is 12.8. The van der Waals surface area contributed by atoms with Crippen molar-refractivity contribution in [3.8, 4) is 5.75 Å². The summed E-state index contributed by atoms with van der Waals surface area (Å²) in [7, 11) is 0. The molecule has 3 aromatic carbocycles. The number of fused-ring (bicyclic) bond motifs is 1. The maximum Gasteiger partial charge on any atom is 0.264 e. The van der Waals surface area contributed by atoms with Gasteiger partial charge in [0.25, 0.3) is 5.91 Å². The van der Waals surface area contributed by atoms with Crippen LogP contribution in [0.5, 0.6) is 5.75 Å². The molecule has 2 heterocycles. The Labute approximate surface area is 213 Å². The number of amidine groups is 1. The molecule has 1 aromatic heterocycles. The number of thioether (sulfide) groups is 1. The Morgan fingerprint density at radius 2 is 1.80 bits per heavy atom. The molecule has 176 valence electrons. The second kappa shape index (κ2) is 10.0. The number of aliphatic imine (C=N–C) groups is 1. The fourth-order valence-corrected chi connectivity index (χ4v) is 5.08. The lowest BCUT2D eigenvalue weighted by Gasteiger charge is -2.09. The second-order valence-electron chi connectivity index (χ2n) is 8.14. The van der Waals surface area contributed by atoms with Crippen LogP contribution in [0, 0.1) is 6.92 Å². The molecule has 5 nitrogen and oxygen atoms in total. The van der Waals surface area contributed by atoms with Gasteiger partial charge >= 0.3 is 0 Å². The number of hydrogen-bond donors (Lipinski definition) is 1. The third-order valence-corrected chi connectivity index (χ3v) is 7.00. The molecule has 0 unspecified atom stereocenters. The lowest BCUT2D eigenvalue weighted by atomic mass is 10.1. The van der Waals surface area contributed by atoms with E-state index in [1.165, 1.54) is 11.8 Å². The molecule has 0 atom stereocenters. The average molecular weight is 502 g/mol. The van der Waals surface area contributed by atoms with E-state index in [1.807, 2.05) is 73.7 Å². The molecule has 0 saturated carbocycles. The molecule has 0 aliphatic carbocycles. The summed E-state index contributed by atoms with van der Waals surface area (Å²) in [4.78, 5) is 18.0. The zero-order valence-corrected chi connectivity index (χ0v) is 21.0. The van der Waals surface area contributed by atoms with Crippen molar-refractivity contribution in [1.29, 1.82) is 0 Å². The maximum atomic E-state index is 12.8. The van der Waals surface area contributed by atoms with Crippen LogP contribution >= 0.6 is 23.4 Å². The van der Waals surface area contributed by atoms with Gasteiger partial charge in [0.2, 0.25) is 0 Å². The second-order valence-corrected chi connectivity index (χ2v) is 9.60. The highest BCUT2D eigenvalue weighted by Gasteiger charge is 2.25. The number of ether oxygens (including phenoxy) is 1. The van der Waals surface area contributed by atoms with Gasteiger partial charge in [0, 0.05) is 33.7 Å². The summed E-state index contributed by atoms with van der Waals surface area (Å²) in [5.74, 6) is 0.652. The van der Waals surface area contributed by atoms with Crippen molar-refractivity contribution in [1.82, 2.24) is 9.88 Å². The molecule has 35 heavy (non-hydrogen) atoms. The molecule has 1 aliphatic rings. The first kappa shape index (κ1) is 23.3. The molecular formula is C28H24ClN3O2S. The SMILES string of the molecule is CCOc1ccc(N=C2NC(=O)/C(=C\c3c(C)n(Cc4ccc(Cl)cc4)c4ccccc34)S2)cc1. The number of rotatable bonds is 6. The van der Waals surface area contributed by atoms with Crippen LogP contribution in [0.25, 0.3) is 17.0 Å². The molecule has 1 amide bonds. The van der Waals surface area contributed by atoms with Gasteiger partial charge in [-0.15, -0.1) is 0 Å². The predicted octanol–water partition coefficient (Wildman–Crippen LogP) is 6.94. The minimum absolute atomic E-state index is 0.145. The summed E-state index contributed by atoms with van der Waals surface area (Å²) in [5, 5.41) is 5.28. The predicted molar refractivity (Wildman–Crippen MR) is 146 cm³/mol. The standard InChI is InChI=1S/C28H24ClN3O2S/c1-3-34-22-14-12-21(13-15-22)30-28-31-27(33)26(35-28)16-24-18(2)32(25-7-5-4-6-23(24)25)17-19-8-10-20(29)11-9-19/h4-16H,3,17H2,1-2H3,(H,30,31,33)/b26-16+. The molecular weight excluding hydrogens is 478 g/mol. The monoisotopic (exact) mass is 501 g/mol. The van der Waals surface area contributed by atoms with E-state index in [1.54, 1.807) is 0 Å². The molecule has 7 heteroatoms. The van der Waals surface area contributed by atoms with E-state index in [9.17, 15) is 4.79 Å². The highest BCUT2D eigenvalue weighted by atomic mass is 35.5. The average Bonchev–Trinajstić information content (AvgIpc) is 3.33. The first-order chi connectivity index (χ1) is 17.0. The summed E-state index contributed by atoms with van der Waals surface area (Å²) < 4.78 is 7.76. The van der Waals surface area contributed by atoms with Crippen LogP contribution in [0.1, 0.15) is 23.7 Å². The Morgan fingerprint density at radius 3 is 2.54 bits per heavy atom. The van der Waals surface area contributed by atoms with Crippen LogP contribution in [-0.4, -0.2) is 22.2 Å². The van der Waals surface area contributed by atoms with Crippen molar-refractivity contribution in [3.05, 3.63) is 99.5 Å². The molecule has 5 rings (SSSR count). The van der Waals surface area contributed by atoms with E-state index < -0.39 is 0 Å². The van der Waals surface area contributed by atoms with Gasteiger partial charge in [-0.2, -0.15) is 0 Å². The Balaban J connectivity index is 1.46. The Bertz CT molecular complexity index is 1450. The van der Waals surface area contributed by atoms with Gasteiger partial charge in [-0.1, -0.05) is 41.9 Å². The minimum atomic E-state index is -0.145. The van der Waals surface area contributed by atoms with Crippen LogP contribution in [0.3, 0.4) is 0 Å². The summed E-state index contributed by atoms with van der Waals surface area (Å²) in [6, 6.07) is 23.7. The summed E-state index contributed by atoms with van der Waals surface area (Å²) in [5.41, 5.74) is 5.18. The first-order valence-electron chi connectivity index (χ1n) is 11.4. The Morgan fingerprint density at radius 1 is 1.06 bits per heavy atom. The number of carbonyl (C=O) groups is 1. The summed E-state index contributed by atoms with van der Waals surface area (Å²) >= 11 is 7.42. The molecule has 0 radical (unpaired) electrons. The van der Waals surface area contributed by atoms with Crippen LogP contribution in [0.4, 0.5) is 5.69 Å². The molecule has 0 bridgehead atoms. The number of benzene rings is 3. The van der Waals surface area contributed by atoms with E-state index in [-0.39, 0.29) is 5.91 Å².